The fourth-order valence-electron chi connectivity index (χ4n) is 2.50. The van der Waals surface area contributed by atoms with Crippen LogP contribution in [0.3, 0.4) is 0 Å². The summed E-state index contributed by atoms with van der Waals surface area (Å²) in [6.07, 6.45) is -7.79. The second kappa shape index (κ2) is 13.8. The highest BCUT2D eigenvalue weighted by molar-refractivity contribution is 6.07. The van der Waals surface area contributed by atoms with Gasteiger partial charge in [0.25, 0.3) is 11.8 Å². The molecule has 1 heterocycles. The van der Waals surface area contributed by atoms with Gasteiger partial charge in [0.05, 0.1) is 6.54 Å². The summed E-state index contributed by atoms with van der Waals surface area (Å²) in [7, 11) is 0. The van der Waals surface area contributed by atoms with Crippen molar-refractivity contribution < 1.29 is 49.8 Å². The van der Waals surface area contributed by atoms with Gasteiger partial charge in [-0.05, 0) is 11.1 Å². The molecule has 8 N–H and O–H groups in total. The second-order valence-electron chi connectivity index (χ2n) is 6.89. The molecule has 1 aliphatic heterocycles. The van der Waals surface area contributed by atoms with Crippen LogP contribution in [0.2, 0.25) is 0 Å². The number of aliphatic carboxylic acids is 2. The number of rotatable bonds is 6. The Kier molecular flexibility index (Phi) is 11.5. The highest BCUT2D eigenvalue weighted by Gasteiger charge is 2.45. The SMILES string of the molecule is NCc1ccccc1.O=C(O)[C@H](O)[C@@H](O)C(=O)O.O=C1[C@H](O)[C@@H](O)C(=O)N1Cc1ccccc1. The van der Waals surface area contributed by atoms with E-state index in [1.54, 1.807) is 24.3 Å². The maximum absolute atomic E-state index is 11.4. The molecule has 0 saturated carbocycles. The lowest BCUT2D eigenvalue weighted by Gasteiger charge is -2.13. The third kappa shape index (κ3) is 8.35. The maximum atomic E-state index is 11.4. The first-order chi connectivity index (χ1) is 16.0. The molecular weight excluding hydrogens is 452 g/mol. The van der Waals surface area contributed by atoms with E-state index < -0.39 is 48.2 Å². The quantitative estimate of drug-likeness (QED) is 0.232. The lowest BCUT2D eigenvalue weighted by Crippen LogP contribution is -2.39. The summed E-state index contributed by atoms with van der Waals surface area (Å²) in [5.41, 5.74) is 7.31. The van der Waals surface area contributed by atoms with Gasteiger partial charge in [0.2, 0.25) is 0 Å². The van der Waals surface area contributed by atoms with Crippen molar-refractivity contribution in [2.24, 2.45) is 5.73 Å². The molecule has 1 fully saturated rings. The van der Waals surface area contributed by atoms with Crippen molar-refractivity contribution in [2.75, 3.05) is 0 Å². The zero-order chi connectivity index (χ0) is 25.8. The summed E-state index contributed by atoms with van der Waals surface area (Å²) in [5.74, 6) is -5.03. The predicted octanol–water partition coefficient (Wildman–Crippen LogP) is -1.70. The smallest absolute Gasteiger partial charge is 0.335 e. The van der Waals surface area contributed by atoms with Crippen LogP contribution in [-0.2, 0) is 32.3 Å². The van der Waals surface area contributed by atoms with Crippen LogP contribution < -0.4 is 5.73 Å². The molecule has 0 aliphatic carbocycles. The molecule has 4 atom stereocenters. The van der Waals surface area contributed by atoms with Crippen LogP contribution in [0, 0.1) is 0 Å². The van der Waals surface area contributed by atoms with Crippen LogP contribution in [0.1, 0.15) is 11.1 Å². The Morgan fingerprint density at radius 1 is 0.765 bits per heavy atom. The fourth-order valence-corrected chi connectivity index (χ4v) is 2.50. The number of aliphatic hydroxyl groups excluding tert-OH is 4. The summed E-state index contributed by atoms with van der Waals surface area (Å²) in [6.45, 7) is 0.716. The van der Waals surface area contributed by atoms with Gasteiger partial charge < -0.3 is 36.4 Å². The molecule has 34 heavy (non-hydrogen) atoms. The molecular formula is C22H26N2O10. The first-order valence-corrected chi connectivity index (χ1v) is 9.82. The van der Waals surface area contributed by atoms with Crippen molar-refractivity contribution in [3.05, 3.63) is 71.8 Å². The molecule has 2 amide bonds. The Balaban J connectivity index is 0.000000277. The second-order valence-corrected chi connectivity index (χ2v) is 6.89. The van der Waals surface area contributed by atoms with Crippen molar-refractivity contribution in [1.82, 2.24) is 4.90 Å². The number of hydrogen-bond donors (Lipinski definition) is 7. The van der Waals surface area contributed by atoms with E-state index in [1.165, 1.54) is 5.56 Å². The Morgan fingerprint density at radius 2 is 1.12 bits per heavy atom. The number of amides is 2. The van der Waals surface area contributed by atoms with Gasteiger partial charge in [-0.2, -0.15) is 0 Å². The highest BCUT2D eigenvalue weighted by atomic mass is 16.4. The zero-order valence-electron chi connectivity index (χ0n) is 17.8. The van der Waals surface area contributed by atoms with E-state index in [-0.39, 0.29) is 6.54 Å². The van der Waals surface area contributed by atoms with Gasteiger partial charge in [0, 0.05) is 6.54 Å². The molecule has 184 valence electrons. The van der Waals surface area contributed by atoms with E-state index in [4.69, 9.17) is 26.2 Å². The van der Waals surface area contributed by atoms with Crippen LogP contribution in [-0.4, -0.2) is 83.7 Å². The van der Waals surface area contributed by atoms with Gasteiger partial charge in [-0.25, -0.2) is 9.59 Å². The zero-order valence-corrected chi connectivity index (χ0v) is 17.8. The van der Waals surface area contributed by atoms with Crippen molar-refractivity contribution in [1.29, 1.82) is 0 Å². The third-order valence-corrected chi connectivity index (χ3v) is 4.40. The monoisotopic (exact) mass is 478 g/mol. The minimum absolute atomic E-state index is 0.0760. The standard InChI is InChI=1S/C11H11NO4.C7H9N.C4H6O6/c13-8-9(14)11(16)12(10(8)15)6-7-4-2-1-3-5-7;8-6-7-4-2-1-3-5-7;5-1(3(7)8)2(6)4(9)10/h1-5,8-9,13-14H,6H2;1-5H,6,8H2;1-2,5-6H,(H,7,8)(H,9,10)/t8-,9-;;1-,2-/m1.1/s1. The van der Waals surface area contributed by atoms with Gasteiger partial charge in [0.1, 0.15) is 0 Å². The molecule has 12 nitrogen and oxygen atoms in total. The normalized spacial score (nSPS) is 18.7. The average molecular weight is 478 g/mol. The Hall–Kier alpha value is -3.68. The van der Waals surface area contributed by atoms with Crippen molar-refractivity contribution in [2.45, 2.75) is 37.5 Å². The predicted molar refractivity (Wildman–Crippen MR) is 116 cm³/mol. The number of hydrogen-bond acceptors (Lipinski definition) is 9. The summed E-state index contributed by atoms with van der Waals surface area (Å²) in [4.78, 5) is 43.3. The van der Waals surface area contributed by atoms with E-state index in [9.17, 15) is 29.4 Å². The van der Waals surface area contributed by atoms with Gasteiger partial charge in [0.15, 0.2) is 24.4 Å². The topological polar surface area (TPSA) is 219 Å². The van der Waals surface area contributed by atoms with Crippen LogP contribution in [0.25, 0.3) is 0 Å². The van der Waals surface area contributed by atoms with Gasteiger partial charge in [-0.3, -0.25) is 14.5 Å². The number of benzene rings is 2. The molecule has 0 aromatic heterocycles. The van der Waals surface area contributed by atoms with E-state index in [2.05, 4.69) is 0 Å². The minimum atomic E-state index is -2.27. The molecule has 1 saturated heterocycles. The Bertz CT molecular complexity index is 917. The largest absolute Gasteiger partial charge is 0.479 e. The molecule has 1 aliphatic rings. The fraction of sp³-hybridized carbons (Fsp3) is 0.273. The highest BCUT2D eigenvalue weighted by Crippen LogP contribution is 2.17. The molecule has 3 rings (SSSR count). The molecule has 2 aromatic carbocycles. The van der Waals surface area contributed by atoms with E-state index in [0.717, 1.165) is 10.5 Å². The van der Waals surface area contributed by atoms with Crippen molar-refractivity contribution in [3.8, 4) is 0 Å². The number of carbonyl (C=O) groups excluding carboxylic acids is 2. The van der Waals surface area contributed by atoms with E-state index in [1.807, 2.05) is 36.4 Å². The third-order valence-electron chi connectivity index (χ3n) is 4.40. The first kappa shape index (κ1) is 28.4. The number of nitrogens with zero attached hydrogens (tertiary/aromatic N) is 1. The van der Waals surface area contributed by atoms with Crippen LogP contribution in [0.4, 0.5) is 0 Å². The van der Waals surface area contributed by atoms with E-state index >= 15 is 0 Å². The van der Waals surface area contributed by atoms with Crippen LogP contribution >= 0.6 is 0 Å². The lowest BCUT2D eigenvalue weighted by atomic mass is 10.2. The van der Waals surface area contributed by atoms with Gasteiger partial charge >= 0.3 is 11.9 Å². The molecule has 0 radical (unpaired) electrons. The minimum Gasteiger partial charge on any atom is -0.479 e. The molecule has 2 aromatic rings. The van der Waals surface area contributed by atoms with Crippen LogP contribution in [0.15, 0.2) is 60.7 Å². The van der Waals surface area contributed by atoms with Crippen LogP contribution in [0.5, 0.6) is 0 Å². The average Bonchev–Trinajstić information content (AvgIpc) is 3.02. The molecule has 0 spiro atoms. The number of carbonyl (C=O) groups is 4. The first-order valence-electron chi connectivity index (χ1n) is 9.82. The number of aliphatic hydroxyl groups is 4. The van der Waals surface area contributed by atoms with Gasteiger partial charge in [-0.1, -0.05) is 60.7 Å². The maximum Gasteiger partial charge on any atom is 0.335 e. The number of nitrogens with two attached hydrogens (primary N) is 1. The van der Waals surface area contributed by atoms with E-state index in [0.29, 0.717) is 6.54 Å². The number of imide groups is 1. The summed E-state index contributed by atoms with van der Waals surface area (Å²) in [5, 5.41) is 51.0. The molecule has 0 unspecified atom stereocenters. The summed E-state index contributed by atoms with van der Waals surface area (Å²) < 4.78 is 0. The number of likely N-dealkylation sites (tertiary alicyclic amines) is 1. The summed E-state index contributed by atoms with van der Waals surface area (Å²) >= 11 is 0. The Morgan fingerprint density at radius 3 is 1.41 bits per heavy atom. The van der Waals surface area contributed by atoms with Gasteiger partial charge in [-0.15, -0.1) is 0 Å². The summed E-state index contributed by atoms with van der Waals surface area (Å²) in [6, 6.07) is 18.9. The Labute approximate surface area is 194 Å². The molecule has 12 heteroatoms. The molecule has 0 bridgehead atoms. The number of carboxylic acid groups (broad SMARTS) is 2. The lowest BCUT2D eigenvalue weighted by molar-refractivity contribution is -0.165. The van der Waals surface area contributed by atoms with Crippen molar-refractivity contribution >= 4 is 23.8 Å². The number of carboxylic acids is 2. The van der Waals surface area contributed by atoms with Crippen molar-refractivity contribution in [3.63, 3.8) is 0 Å².